The van der Waals surface area contributed by atoms with E-state index in [0.29, 0.717) is 17.4 Å². The molecule has 0 aromatic carbocycles. The summed E-state index contributed by atoms with van der Waals surface area (Å²) >= 11 is 7.84. The van der Waals surface area contributed by atoms with Gasteiger partial charge in [-0.15, -0.1) is 11.3 Å². The van der Waals surface area contributed by atoms with Gasteiger partial charge >= 0.3 is 0 Å². The van der Waals surface area contributed by atoms with Gasteiger partial charge in [0.1, 0.15) is 10.8 Å². The Morgan fingerprint density at radius 1 is 1.39 bits per heavy atom. The number of nitrogens with zero attached hydrogens (tertiary/aromatic N) is 2. The Bertz CT molecular complexity index is 563. The van der Waals surface area contributed by atoms with Crippen LogP contribution >= 0.6 is 22.9 Å². The number of nitrogens with two attached hydrogens (primary N) is 1. The van der Waals surface area contributed by atoms with Crippen molar-refractivity contribution in [3.05, 3.63) is 32.6 Å². The van der Waals surface area contributed by atoms with Crippen molar-refractivity contribution in [3.8, 4) is 0 Å². The summed E-state index contributed by atoms with van der Waals surface area (Å²) in [7, 11) is 0. The molecule has 0 saturated heterocycles. The van der Waals surface area contributed by atoms with Gasteiger partial charge in [-0.1, -0.05) is 32.4 Å². The van der Waals surface area contributed by atoms with Gasteiger partial charge in [-0.25, -0.2) is 4.68 Å². The first-order valence-corrected chi connectivity index (χ1v) is 7.06. The van der Waals surface area contributed by atoms with Crippen molar-refractivity contribution in [1.82, 2.24) is 9.78 Å². The van der Waals surface area contributed by atoms with Gasteiger partial charge in [-0.3, -0.25) is 0 Å². The minimum Gasteiger partial charge on any atom is -0.383 e. The Kier molecular flexibility index (Phi) is 3.43. The van der Waals surface area contributed by atoms with Crippen LogP contribution in [-0.4, -0.2) is 9.78 Å². The summed E-state index contributed by atoms with van der Waals surface area (Å²) in [6.07, 6.45) is 0. The van der Waals surface area contributed by atoms with Gasteiger partial charge in [0.2, 0.25) is 0 Å². The fraction of sp³-hybridized carbons (Fsp3) is 0.462. The molecule has 0 amide bonds. The second-order valence-electron chi connectivity index (χ2n) is 5.46. The molecule has 2 N–H and O–H groups in total. The fourth-order valence-corrected chi connectivity index (χ4v) is 2.89. The summed E-state index contributed by atoms with van der Waals surface area (Å²) in [6, 6.07) is 4.31. The van der Waals surface area contributed by atoms with Crippen molar-refractivity contribution < 1.29 is 0 Å². The van der Waals surface area contributed by atoms with Gasteiger partial charge < -0.3 is 5.73 Å². The molecular formula is C13H18ClN3S. The van der Waals surface area contributed by atoms with E-state index in [0.717, 1.165) is 5.69 Å². The van der Waals surface area contributed by atoms with Crippen LogP contribution in [0.15, 0.2) is 12.1 Å². The number of rotatable bonds is 2. The molecule has 2 rings (SSSR count). The summed E-state index contributed by atoms with van der Waals surface area (Å²) in [5.74, 6) is 0.542. The Labute approximate surface area is 117 Å². The number of hydrogen-bond donors (Lipinski definition) is 1. The fourth-order valence-electron chi connectivity index (χ4n) is 1.71. The lowest BCUT2D eigenvalue weighted by Crippen LogP contribution is -2.08. The van der Waals surface area contributed by atoms with Crippen molar-refractivity contribution in [2.45, 2.75) is 39.7 Å². The zero-order valence-electron chi connectivity index (χ0n) is 11.1. The zero-order chi connectivity index (χ0) is 13.5. The summed E-state index contributed by atoms with van der Waals surface area (Å²) < 4.78 is 1.76. The Hall–Kier alpha value is -1.00. The van der Waals surface area contributed by atoms with E-state index in [1.165, 1.54) is 9.75 Å². The molecular weight excluding hydrogens is 266 g/mol. The van der Waals surface area contributed by atoms with Crippen molar-refractivity contribution >= 4 is 28.8 Å². The van der Waals surface area contributed by atoms with E-state index in [9.17, 15) is 0 Å². The molecule has 5 heteroatoms. The highest BCUT2D eigenvalue weighted by Crippen LogP contribution is 2.31. The molecule has 2 aromatic heterocycles. The molecule has 0 aliphatic heterocycles. The lowest BCUT2D eigenvalue weighted by Gasteiger charge is -2.15. The van der Waals surface area contributed by atoms with E-state index >= 15 is 0 Å². The Balaban J connectivity index is 2.24. The van der Waals surface area contributed by atoms with Gasteiger partial charge in [-0.05, 0) is 24.5 Å². The Morgan fingerprint density at radius 3 is 2.50 bits per heavy atom. The van der Waals surface area contributed by atoms with Crippen LogP contribution in [0.25, 0.3) is 0 Å². The molecule has 18 heavy (non-hydrogen) atoms. The quantitative estimate of drug-likeness (QED) is 0.910. The number of halogens is 1. The first-order chi connectivity index (χ1) is 8.29. The molecule has 0 unspecified atom stereocenters. The molecule has 2 aromatic rings. The minimum absolute atomic E-state index is 0.187. The molecule has 0 atom stereocenters. The van der Waals surface area contributed by atoms with Crippen molar-refractivity contribution in [3.63, 3.8) is 0 Å². The first-order valence-electron chi connectivity index (χ1n) is 5.86. The van der Waals surface area contributed by atoms with Crippen LogP contribution in [0, 0.1) is 6.92 Å². The van der Waals surface area contributed by atoms with Gasteiger partial charge in [0, 0.05) is 9.75 Å². The maximum Gasteiger partial charge on any atom is 0.141 e. The van der Waals surface area contributed by atoms with Crippen LogP contribution in [0.1, 0.15) is 36.2 Å². The number of aromatic nitrogens is 2. The third kappa shape index (κ3) is 2.54. The average Bonchev–Trinajstić information content (AvgIpc) is 2.81. The molecule has 0 saturated carbocycles. The van der Waals surface area contributed by atoms with Gasteiger partial charge in [-0.2, -0.15) is 5.10 Å². The van der Waals surface area contributed by atoms with Crippen molar-refractivity contribution in [1.29, 1.82) is 0 Å². The Morgan fingerprint density at radius 2 is 2.06 bits per heavy atom. The summed E-state index contributed by atoms with van der Waals surface area (Å²) in [6.45, 7) is 9.19. The highest BCUT2D eigenvalue weighted by atomic mass is 35.5. The largest absolute Gasteiger partial charge is 0.383 e. The first kappa shape index (κ1) is 13.4. The van der Waals surface area contributed by atoms with Gasteiger partial charge in [0.15, 0.2) is 0 Å². The van der Waals surface area contributed by atoms with E-state index in [1.54, 1.807) is 16.0 Å². The molecule has 0 bridgehead atoms. The second-order valence-corrected chi connectivity index (χ2v) is 7.00. The van der Waals surface area contributed by atoms with E-state index in [2.05, 4.69) is 38.0 Å². The third-order valence-corrected chi connectivity index (χ3v) is 4.76. The van der Waals surface area contributed by atoms with Crippen LogP contribution in [0.4, 0.5) is 5.82 Å². The van der Waals surface area contributed by atoms with E-state index in [4.69, 9.17) is 17.3 Å². The molecule has 2 heterocycles. The molecule has 0 aliphatic carbocycles. The number of aryl methyl sites for hydroxylation is 1. The monoisotopic (exact) mass is 283 g/mol. The standard InChI is InChI=1S/C13H18ClN3S/c1-8-11(14)12(15)17(16-8)7-9-5-6-10(18-9)13(2,3)4/h5-6H,7,15H2,1-4H3. The lowest BCUT2D eigenvalue weighted by molar-refractivity contribution is 0.604. The van der Waals surface area contributed by atoms with Crippen molar-refractivity contribution in [2.75, 3.05) is 5.73 Å². The smallest absolute Gasteiger partial charge is 0.141 e. The second kappa shape index (κ2) is 4.59. The van der Waals surface area contributed by atoms with E-state index in [1.807, 2.05) is 6.92 Å². The highest BCUT2D eigenvalue weighted by Gasteiger charge is 2.17. The highest BCUT2D eigenvalue weighted by molar-refractivity contribution is 7.12. The number of anilines is 1. The van der Waals surface area contributed by atoms with Gasteiger partial charge in [0.05, 0.1) is 12.2 Å². The number of thiophene rings is 1. The maximum absolute atomic E-state index is 6.04. The van der Waals surface area contributed by atoms with Crippen molar-refractivity contribution in [2.24, 2.45) is 0 Å². The molecule has 3 nitrogen and oxygen atoms in total. The predicted molar refractivity (Wildman–Crippen MR) is 78.5 cm³/mol. The topological polar surface area (TPSA) is 43.8 Å². The van der Waals surface area contributed by atoms with E-state index in [-0.39, 0.29) is 5.41 Å². The molecule has 0 aliphatic rings. The minimum atomic E-state index is 0.187. The summed E-state index contributed by atoms with van der Waals surface area (Å²) in [5, 5.41) is 4.90. The van der Waals surface area contributed by atoms with E-state index < -0.39 is 0 Å². The molecule has 0 spiro atoms. The van der Waals surface area contributed by atoms with Crippen LogP contribution in [0.3, 0.4) is 0 Å². The summed E-state index contributed by atoms with van der Waals surface area (Å²) in [4.78, 5) is 2.61. The zero-order valence-corrected chi connectivity index (χ0v) is 12.7. The summed E-state index contributed by atoms with van der Waals surface area (Å²) in [5.41, 5.74) is 6.88. The van der Waals surface area contributed by atoms with Crippen LogP contribution in [0.2, 0.25) is 5.02 Å². The number of nitrogen functional groups attached to an aromatic ring is 1. The van der Waals surface area contributed by atoms with Crippen LogP contribution < -0.4 is 5.73 Å². The predicted octanol–water partition coefficient (Wildman–Crippen LogP) is 3.83. The number of hydrogen-bond acceptors (Lipinski definition) is 3. The molecule has 0 radical (unpaired) electrons. The maximum atomic E-state index is 6.04. The SMILES string of the molecule is Cc1nn(Cc2ccc(C(C)(C)C)s2)c(N)c1Cl. The molecule has 0 fully saturated rings. The molecule has 98 valence electrons. The normalized spacial score (nSPS) is 12.1. The average molecular weight is 284 g/mol. The third-order valence-electron chi connectivity index (χ3n) is 2.80. The lowest BCUT2D eigenvalue weighted by atomic mass is 9.95. The van der Waals surface area contributed by atoms with Crippen LogP contribution in [-0.2, 0) is 12.0 Å². The van der Waals surface area contributed by atoms with Crippen LogP contribution in [0.5, 0.6) is 0 Å². The van der Waals surface area contributed by atoms with Gasteiger partial charge in [0.25, 0.3) is 0 Å².